The van der Waals surface area contributed by atoms with Crippen molar-refractivity contribution in [2.24, 2.45) is 0 Å². The highest BCUT2D eigenvalue weighted by atomic mass is 79.9. The number of alkyl halides is 1. The number of benzene rings is 1. The van der Waals surface area contributed by atoms with Crippen LogP contribution in [0.15, 0.2) is 42.5 Å². The summed E-state index contributed by atoms with van der Waals surface area (Å²) in [5.74, 6) is 0. The van der Waals surface area contributed by atoms with Crippen molar-refractivity contribution >= 4 is 15.9 Å². The highest BCUT2D eigenvalue weighted by Gasteiger charge is 2.03. The molecule has 0 unspecified atom stereocenters. The van der Waals surface area contributed by atoms with E-state index in [0.29, 0.717) is 0 Å². The lowest BCUT2D eigenvalue weighted by Crippen LogP contribution is -1.90. The van der Waals surface area contributed by atoms with Gasteiger partial charge in [-0.3, -0.25) is 4.98 Å². The number of aromatic nitrogens is 1. The highest BCUT2D eigenvalue weighted by Crippen LogP contribution is 2.23. The van der Waals surface area contributed by atoms with Crippen LogP contribution in [-0.2, 0) is 5.33 Å². The molecule has 1 aromatic carbocycles. The van der Waals surface area contributed by atoms with Crippen LogP contribution in [0.4, 0.5) is 0 Å². The summed E-state index contributed by atoms with van der Waals surface area (Å²) in [5.41, 5.74) is 4.58. The van der Waals surface area contributed by atoms with Crippen LogP contribution in [0.5, 0.6) is 0 Å². The van der Waals surface area contributed by atoms with Gasteiger partial charge < -0.3 is 0 Å². The lowest BCUT2D eigenvalue weighted by molar-refractivity contribution is 1.20. The summed E-state index contributed by atoms with van der Waals surface area (Å²) in [6, 6.07) is 14.4. The molecule has 0 radical (unpaired) electrons. The Labute approximate surface area is 98.3 Å². The fourth-order valence-corrected chi connectivity index (χ4v) is 2.07. The standard InChI is InChI=1S/C13H12BrN/c1-10-5-4-8-13(15-10)12-7-3-2-6-11(12)9-14/h2-8H,9H2,1H3. The molecule has 0 aliphatic rings. The zero-order valence-electron chi connectivity index (χ0n) is 8.57. The molecule has 0 aliphatic carbocycles. The second-order valence-corrected chi connectivity index (χ2v) is 4.02. The van der Waals surface area contributed by atoms with E-state index in [-0.39, 0.29) is 0 Å². The number of halogens is 1. The molecule has 0 aliphatic heterocycles. The van der Waals surface area contributed by atoms with Crippen molar-refractivity contribution in [3.63, 3.8) is 0 Å². The van der Waals surface area contributed by atoms with Crippen molar-refractivity contribution in [2.45, 2.75) is 12.3 Å². The molecule has 2 aromatic rings. The van der Waals surface area contributed by atoms with E-state index < -0.39 is 0 Å². The molecule has 0 amide bonds. The first kappa shape index (κ1) is 10.4. The minimum atomic E-state index is 0.860. The van der Waals surface area contributed by atoms with Crippen molar-refractivity contribution in [1.29, 1.82) is 0 Å². The monoisotopic (exact) mass is 261 g/mol. The van der Waals surface area contributed by atoms with Crippen molar-refractivity contribution in [3.8, 4) is 11.3 Å². The first-order chi connectivity index (χ1) is 7.31. The van der Waals surface area contributed by atoms with Crippen molar-refractivity contribution in [3.05, 3.63) is 53.7 Å². The van der Waals surface area contributed by atoms with Crippen LogP contribution in [0, 0.1) is 6.92 Å². The molecule has 15 heavy (non-hydrogen) atoms. The lowest BCUT2D eigenvalue weighted by atomic mass is 10.1. The summed E-state index contributed by atoms with van der Waals surface area (Å²) in [6.45, 7) is 2.01. The molecule has 0 atom stereocenters. The van der Waals surface area contributed by atoms with Gasteiger partial charge in [-0.2, -0.15) is 0 Å². The Kier molecular flexibility index (Phi) is 3.17. The third-order valence-corrected chi connectivity index (χ3v) is 2.93. The molecular formula is C13H12BrN. The van der Waals surface area contributed by atoms with Crippen molar-refractivity contribution in [1.82, 2.24) is 4.98 Å². The van der Waals surface area contributed by atoms with Crippen LogP contribution in [-0.4, -0.2) is 4.98 Å². The molecule has 0 saturated heterocycles. The number of nitrogens with zero attached hydrogens (tertiary/aromatic N) is 1. The first-order valence-electron chi connectivity index (χ1n) is 4.89. The van der Waals surface area contributed by atoms with Gasteiger partial charge in [-0.1, -0.05) is 46.3 Å². The lowest BCUT2D eigenvalue weighted by Gasteiger charge is -2.06. The molecule has 0 saturated carbocycles. The molecule has 1 aromatic heterocycles. The summed E-state index contributed by atoms with van der Waals surface area (Å²) >= 11 is 3.50. The molecule has 0 bridgehead atoms. The second-order valence-electron chi connectivity index (χ2n) is 3.45. The van der Waals surface area contributed by atoms with Gasteiger partial charge in [0.1, 0.15) is 0 Å². The smallest absolute Gasteiger partial charge is 0.0708 e. The zero-order chi connectivity index (χ0) is 10.7. The largest absolute Gasteiger partial charge is 0.253 e. The predicted molar refractivity (Wildman–Crippen MR) is 67.0 cm³/mol. The van der Waals surface area contributed by atoms with Crippen LogP contribution in [0.2, 0.25) is 0 Å². The molecule has 1 heterocycles. The van der Waals surface area contributed by atoms with Gasteiger partial charge in [0.15, 0.2) is 0 Å². The summed E-state index contributed by atoms with van der Waals surface area (Å²) in [7, 11) is 0. The van der Waals surface area contributed by atoms with E-state index in [1.807, 2.05) is 25.1 Å². The van der Waals surface area contributed by atoms with Crippen molar-refractivity contribution in [2.75, 3.05) is 0 Å². The van der Waals surface area contributed by atoms with E-state index in [1.165, 1.54) is 11.1 Å². The van der Waals surface area contributed by atoms with Crippen LogP contribution >= 0.6 is 15.9 Å². The topological polar surface area (TPSA) is 12.9 Å². The third-order valence-electron chi connectivity index (χ3n) is 2.33. The van der Waals surface area contributed by atoms with E-state index in [9.17, 15) is 0 Å². The average Bonchev–Trinajstić information content (AvgIpc) is 2.29. The Hall–Kier alpha value is -1.15. The minimum absolute atomic E-state index is 0.860. The normalized spacial score (nSPS) is 10.3. The van der Waals surface area contributed by atoms with E-state index >= 15 is 0 Å². The van der Waals surface area contributed by atoms with E-state index in [1.54, 1.807) is 0 Å². The molecule has 2 heteroatoms. The number of hydrogen-bond acceptors (Lipinski definition) is 1. The van der Waals surface area contributed by atoms with Crippen LogP contribution in [0.1, 0.15) is 11.3 Å². The third kappa shape index (κ3) is 2.26. The van der Waals surface area contributed by atoms with Gasteiger partial charge in [0.25, 0.3) is 0 Å². The van der Waals surface area contributed by atoms with Gasteiger partial charge in [0, 0.05) is 16.6 Å². The Balaban J connectivity index is 2.53. The molecule has 0 fully saturated rings. The molecule has 1 nitrogen and oxygen atoms in total. The van der Waals surface area contributed by atoms with Crippen LogP contribution < -0.4 is 0 Å². The molecular weight excluding hydrogens is 250 g/mol. The van der Waals surface area contributed by atoms with Gasteiger partial charge in [-0.15, -0.1) is 0 Å². The number of rotatable bonds is 2. The second kappa shape index (κ2) is 4.58. The first-order valence-corrected chi connectivity index (χ1v) is 6.01. The van der Waals surface area contributed by atoms with Gasteiger partial charge in [-0.25, -0.2) is 0 Å². The fraction of sp³-hybridized carbons (Fsp3) is 0.154. The number of pyridine rings is 1. The number of hydrogen-bond donors (Lipinski definition) is 0. The SMILES string of the molecule is Cc1cccc(-c2ccccc2CBr)n1. The van der Waals surface area contributed by atoms with Crippen LogP contribution in [0.25, 0.3) is 11.3 Å². The van der Waals surface area contributed by atoms with Gasteiger partial charge >= 0.3 is 0 Å². The number of aryl methyl sites for hydroxylation is 1. The maximum atomic E-state index is 4.53. The predicted octanol–water partition coefficient (Wildman–Crippen LogP) is 3.95. The molecule has 2 rings (SSSR count). The zero-order valence-corrected chi connectivity index (χ0v) is 10.2. The van der Waals surface area contributed by atoms with Gasteiger partial charge in [0.2, 0.25) is 0 Å². The summed E-state index contributed by atoms with van der Waals surface area (Å²) in [6.07, 6.45) is 0. The van der Waals surface area contributed by atoms with Crippen LogP contribution in [0.3, 0.4) is 0 Å². The Morgan fingerprint density at radius 3 is 2.60 bits per heavy atom. The van der Waals surface area contributed by atoms with E-state index in [4.69, 9.17) is 0 Å². The Bertz CT molecular complexity index is 466. The summed E-state index contributed by atoms with van der Waals surface area (Å²) in [5, 5.41) is 0.860. The van der Waals surface area contributed by atoms with Gasteiger partial charge in [-0.05, 0) is 24.6 Å². The maximum Gasteiger partial charge on any atom is 0.0708 e. The van der Waals surface area contributed by atoms with E-state index in [2.05, 4.69) is 45.2 Å². The Morgan fingerprint density at radius 2 is 1.87 bits per heavy atom. The molecule has 76 valence electrons. The fourth-order valence-electron chi connectivity index (χ4n) is 1.58. The molecule has 0 N–H and O–H groups in total. The molecule has 0 spiro atoms. The van der Waals surface area contributed by atoms with E-state index in [0.717, 1.165) is 16.7 Å². The average molecular weight is 262 g/mol. The van der Waals surface area contributed by atoms with Crippen molar-refractivity contribution < 1.29 is 0 Å². The maximum absolute atomic E-state index is 4.53. The highest BCUT2D eigenvalue weighted by molar-refractivity contribution is 9.08. The minimum Gasteiger partial charge on any atom is -0.253 e. The summed E-state index contributed by atoms with van der Waals surface area (Å²) in [4.78, 5) is 4.53. The Morgan fingerprint density at radius 1 is 1.07 bits per heavy atom. The van der Waals surface area contributed by atoms with Gasteiger partial charge in [0.05, 0.1) is 5.69 Å². The summed E-state index contributed by atoms with van der Waals surface area (Å²) < 4.78 is 0. The quantitative estimate of drug-likeness (QED) is 0.747.